The highest BCUT2D eigenvalue weighted by molar-refractivity contribution is 7.91. The van der Waals surface area contributed by atoms with E-state index < -0.39 is 25.9 Å². The van der Waals surface area contributed by atoms with Crippen molar-refractivity contribution in [3.8, 4) is 0 Å². The van der Waals surface area contributed by atoms with Crippen molar-refractivity contribution in [2.45, 2.75) is 29.2 Å². The Morgan fingerprint density at radius 1 is 1.04 bits per heavy atom. The Kier molecular flexibility index (Phi) is 6.57. The molecule has 0 spiro atoms. The maximum atomic E-state index is 12.7. The summed E-state index contributed by atoms with van der Waals surface area (Å²) < 4.78 is 51.3. The first-order valence-electron chi connectivity index (χ1n) is 8.18. The molecule has 2 rings (SSSR count). The quantitative estimate of drug-likeness (QED) is 0.730. The molecular formula is C18H23ClN2O4S2. The fraction of sp³-hybridized carbons (Fsp3) is 0.333. The zero-order valence-electron chi connectivity index (χ0n) is 15.6. The van der Waals surface area contributed by atoms with Gasteiger partial charge in [0.25, 0.3) is 0 Å². The summed E-state index contributed by atoms with van der Waals surface area (Å²) in [7, 11) is -3.63. The number of nitrogens with zero attached hydrogens (tertiary/aromatic N) is 1. The third-order valence-corrected chi connectivity index (χ3v) is 7.15. The molecule has 0 aliphatic heterocycles. The van der Waals surface area contributed by atoms with Crippen LogP contribution in [0.2, 0.25) is 5.02 Å². The number of hydrogen-bond donors (Lipinski definition) is 1. The summed E-state index contributed by atoms with van der Waals surface area (Å²) in [6, 6.07) is 11.0. The number of rotatable bonds is 7. The van der Waals surface area contributed by atoms with Crippen molar-refractivity contribution in [1.82, 2.24) is 4.72 Å². The molecule has 0 heterocycles. The van der Waals surface area contributed by atoms with Crippen molar-refractivity contribution in [3.05, 3.63) is 53.1 Å². The van der Waals surface area contributed by atoms with Crippen LogP contribution in [0.4, 0.5) is 5.69 Å². The average Bonchev–Trinajstić information content (AvgIpc) is 2.53. The van der Waals surface area contributed by atoms with Crippen LogP contribution in [-0.2, 0) is 26.3 Å². The van der Waals surface area contributed by atoms with E-state index in [0.29, 0.717) is 6.42 Å². The van der Waals surface area contributed by atoms with Gasteiger partial charge in [0.05, 0.1) is 9.92 Å². The highest BCUT2D eigenvalue weighted by Crippen LogP contribution is 2.25. The van der Waals surface area contributed by atoms with Crippen LogP contribution in [0.25, 0.3) is 0 Å². The third-order valence-electron chi connectivity index (χ3n) is 3.97. The lowest BCUT2D eigenvalue weighted by Gasteiger charge is -2.17. The van der Waals surface area contributed by atoms with E-state index in [9.17, 15) is 16.8 Å². The summed E-state index contributed by atoms with van der Waals surface area (Å²) in [5, 5.41) is -0.0302. The number of halogens is 1. The van der Waals surface area contributed by atoms with Crippen molar-refractivity contribution in [3.63, 3.8) is 0 Å². The zero-order valence-corrected chi connectivity index (χ0v) is 18.0. The van der Waals surface area contributed by atoms with Gasteiger partial charge in [-0.25, -0.2) is 21.6 Å². The van der Waals surface area contributed by atoms with Gasteiger partial charge in [-0.05, 0) is 49.2 Å². The monoisotopic (exact) mass is 430 g/mol. The Labute approximate surface area is 166 Å². The van der Waals surface area contributed by atoms with E-state index in [1.165, 1.54) is 12.1 Å². The predicted molar refractivity (Wildman–Crippen MR) is 109 cm³/mol. The fourth-order valence-corrected chi connectivity index (χ4v) is 5.06. The lowest BCUT2D eigenvalue weighted by Crippen LogP contribution is -2.34. The van der Waals surface area contributed by atoms with Gasteiger partial charge in [-0.3, -0.25) is 0 Å². The molecule has 1 N–H and O–H groups in total. The Bertz CT molecular complexity index is 1020. The first kappa shape index (κ1) is 21.7. The van der Waals surface area contributed by atoms with Crippen LogP contribution in [0.5, 0.6) is 0 Å². The minimum Gasteiger partial charge on any atom is -0.378 e. The molecule has 0 aromatic heterocycles. The van der Waals surface area contributed by atoms with Gasteiger partial charge in [-0.2, -0.15) is 0 Å². The second-order valence-electron chi connectivity index (χ2n) is 6.65. The van der Waals surface area contributed by atoms with E-state index in [-0.39, 0.29) is 14.8 Å². The smallest absolute Gasteiger partial charge is 0.242 e. The maximum absolute atomic E-state index is 12.7. The number of anilines is 1. The molecule has 0 bridgehead atoms. The van der Waals surface area contributed by atoms with Gasteiger partial charge < -0.3 is 4.90 Å². The molecule has 0 saturated heterocycles. The molecule has 2 aromatic rings. The van der Waals surface area contributed by atoms with E-state index in [2.05, 4.69) is 4.72 Å². The van der Waals surface area contributed by atoms with Crippen LogP contribution >= 0.6 is 11.6 Å². The van der Waals surface area contributed by atoms with E-state index in [1.54, 1.807) is 6.92 Å². The van der Waals surface area contributed by atoms with Crippen molar-refractivity contribution in [2.24, 2.45) is 0 Å². The van der Waals surface area contributed by atoms with Crippen LogP contribution in [0, 0.1) is 0 Å². The molecule has 0 aliphatic carbocycles. The minimum atomic E-state index is -3.97. The summed E-state index contributed by atoms with van der Waals surface area (Å²) in [5.74, 6) is 0. The number of hydrogen-bond acceptors (Lipinski definition) is 5. The van der Waals surface area contributed by atoms with Crippen molar-refractivity contribution in [1.29, 1.82) is 0 Å². The lowest BCUT2D eigenvalue weighted by molar-refractivity contribution is 0.559. The van der Waals surface area contributed by atoms with Gasteiger partial charge in [-0.15, -0.1) is 0 Å². The molecular weight excluding hydrogens is 408 g/mol. The molecule has 2 aromatic carbocycles. The van der Waals surface area contributed by atoms with E-state index in [0.717, 1.165) is 23.6 Å². The van der Waals surface area contributed by atoms with E-state index in [1.807, 2.05) is 43.3 Å². The first-order chi connectivity index (χ1) is 12.4. The highest BCUT2D eigenvalue weighted by Gasteiger charge is 2.23. The lowest BCUT2D eigenvalue weighted by atomic mass is 10.1. The molecule has 0 fully saturated rings. The van der Waals surface area contributed by atoms with Gasteiger partial charge in [-0.1, -0.05) is 23.7 Å². The Balaban J connectivity index is 2.20. The molecule has 0 radical (unpaired) electrons. The largest absolute Gasteiger partial charge is 0.378 e. The van der Waals surface area contributed by atoms with Gasteiger partial charge >= 0.3 is 0 Å². The summed E-state index contributed by atoms with van der Waals surface area (Å²) in [6.45, 7) is 1.74. The minimum absolute atomic E-state index is 0.0302. The number of benzene rings is 2. The van der Waals surface area contributed by atoms with Gasteiger partial charge in [0.2, 0.25) is 10.0 Å². The standard InChI is InChI=1S/C18H23ClN2O4S2/c1-13(11-14-5-7-15(8-6-14)21(2)3)20-27(24,25)18-12-16(26(4,22)23)9-10-17(18)19/h5-10,12-13,20H,11H2,1-4H3. The van der Waals surface area contributed by atoms with Gasteiger partial charge in [0.1, 0.15) is 4.90 Å². The summed E-state index contributed by atoms with van der Waals surface area (Å²) >= 11 is 6.00. The molecule has 0 saturated carbocycles. The Morgan fingerprint density at radius 3 is 2.15 bits per heavy atom. The predicted octanol–water partition coefficient (Wildman–Crippen LogP) is 2.72. The third kappa shape index (κ3) is 5.68. The van der Waals surface area contributed by atoms with Crippen LogP contribution in [0.1, 0.15) is 12.5 Å². The normalized spacial score (nSPS) is 13.4. The maximum Gasteiger partial charge on any atom is 0.242 e. The summed E-state index contributed by atoms with van der Waals surface area (Å²) in [6.07, 6.45) is 1.50. The van der Waals surface area contributed by atoms with Crippen molar-refractivity contribution >= 4 is 37.1 Å². The van der Waals surface area contributed by atoms with Crippen LogP contribution in [-0.4, -0.2) is 43.2 Å². The van der Waals surface area contributed by atoms with Crippen LogP contribution in [0.3, 0.4) is 0 Å². The second kappa shape index (κ2) is 8.18. The van der Waals surface area contributed by atoms with Crippen LogP contribution < -0.4 is 9.62 Å². The second-order valence-corrected chi connectivity index (χ2v) is 10.8. The number of sulfonamides is 1. The SMILES string of the molecule is CC(Cc1ccc(N(C)C)cc1)NS(=O)(=O)c1cc(S(C)(=O)=O)ccc1Cl. The number of nitrogens with one attached hydrogen (secondary N) is 1. The summed E-state index contributed by atoms with van der Waals surface area (Å²) in [4.78, 5) is 1.63. The van der Waals surface area contributed by atoms with Crippen molar-refractivity contribution < 1.29 is 16.8 Å². The average molecular weight is 431 g/mol. The molecule has 1 unspecified atom stereocenters. The molecule has 9 heteroatoms. The van der Waals surface area contributed by atoms with E-state index in [4.69, 9.17) is 11.6 Å². The molecule has 27 heavy (non-hydrogen) atoms. The first-order valence-corrected chi connectivity index (χ1v) is 11.9. The van der Waals surface area contributed by atoms with Gasteiger partial charge in [0.15, 0.2) is 9.84 Å². The molecule has 0 amide bonds. The highest BCUT2D eigenvalue weighted by atomic mass is 35.5. The van der Waals surface area contributed by atoms with Gasteiger partial charge in [0, 0.05) is 32.1 Å². The Morgan fingerprint density at radius 2 is 1.63 bits per heavy atom. The number of sulfone groups is 1. The topological polar surface area (TPSA) is 83.6 Å². The van der Waals surface area contributed by atoms with Crippen molar-refractivity contribution in [2.75, 3.05) is 25.3 Å². The molecule has 6 nitrogen and oxygen atoms in total. The van der Waals surface area contributed by atoms with E-state index >= 15 is 0 Å². The zero-order chi connectivity index (χ0) is 20.4. The molecule has 148 valence electrons. The Hall–Kier alpha value is -1.61. The molecule has 1 atom stereocenters. The fourth-order valence-electron chi connectivity index (χ4n) is 2.57. The van der Waals surface area contributed by atoms with Crippen LogP contribution in [0.15, 0.2) is 52.3 Å². The molecule has 0 aliphatic rings. The summed E-state index contributed by atoms with van der Waals surface area (Å²) in [5.41, 5.74) is 2.03.